The second-order valence-corrected chi connectivity index (χ2v) is 17.5. The van der Waals surface area contributed by atoms with Crippen molar-refractivity contribution >= 4 is 35.7 Å². The van der Waals surface area contributed by atoms with Gasteiger partial charge in [-0.1, -0.05) is 82.1 Å². The van der Waals surface area contributed by atoms with Crippen LogP contribution in [0.5, 0.6) is 0 Å². The van der Waals surface area contributed by atoms with Crippen LogP contribution in [0.3, 0.4) is 0 Å². The highest BCUT2D eigenvalue weighted by Gasteiger charge is 2.45. The number of carbonyl (C=O) groups is 6. The van der Waals surface area contributed by atoms with E-state index in [0.717, 1.165) is 102 Å². The molecule has 1 heterocycles. The maximum atomic E-state index is 14.8. The summed E-state index contributed by atoms with van der Waals surface area (Å²) < 4.78 is 5.49. The first kappa shape index (κ1) is 45.5. The summed E-state index contributed by atoms with van der Waals surface area (Å²) in [6, 6.07) is 4.86. The van der Waals surface area contributed by atoms with Crippen LogP contribution in [0.4, 0.5) is 4.79 Å². The van der Waals surface area contributed by atoms with Crippen molar-refractivity contribution in [3.05, 3.63) is 35.4 Å². The van der Waals surface area contributed by atoms with Crippen LogP contribution in [-0.4, -0.2) is 94.0 Å². The van der Waals surface area contributed by atoms with Gasteiger partial charge in [0, 0.05) is 32.5 Å². The third-order valence-corrected chi connectivity index (χ3v) is 11.8. The first-order valence-corrected chi connectivity index (χ1v) is 21.6. The smallest absolute Gasteiger partial charge is 0.410 e. The van der Waals surface area contributed by atoms with E-state index in [9.17, 15) is 28.8 Å². The number of nitrogens with one attached hydrogen (secondary N) is 3. The molecule has 1 aromatic rings. The molecular formula is C44H69N5O8. The van der Waals surface area contributed by atoms with E-state index in [1.54, 1.807) is 32.6 Å². The summed E-state index contributed by atoms with van der Waals surface area (Å²) in [7, 11) is 1.50. The number of carboxylic acids is 1. The lowest BCUT2D eigenvalue weighted by Gasteiger charge is -2.36. The number of unbranched alkanes of at least 4 members (excludes halogenated alkanes) is 7. The van der Waals surface area contributed by atoms with Gasteiger partial charge in [-0.2, -0.15) is 0 Å². The lowest BCUT2D eigenvalue weighted by molar-refractivity contribution is -0.143. The largest absolute Gasteiger partial charge is 0.481 e. The highest BCUT2D eigenvalue weighted by molar-refractivity contribution is 5.94. The second-order valence-electron chi connectivity index (χ2n) is 17.5. The summed E-state index contributed by atoms with van der Waals surface area (Å²) >= 11 is 0. The first-order chi connectivity index (χ1) is 27.1. The quantitative estimate of drug-likeness (QED) is 0.114. The van der Waals surface area contributed by atoms with E-state index in [0.29, 0.717) is 12.8 Å². The summed E-state index contributed by atoms with van der Waals surface area (Å²) in [6.07, 6.45) is 14.6. The number of aryl methyl sites for hydroxylation is 1. The van der Waals surface area contributed by atoms with Gasteiger partial charge in [0.1, 0.15) is 23.7 Å². The summed E-state index contributed by atoms with van der Waals surface area (Å²) in [5.74, 6) is -2.09. The van der Waals surface area contributed by atoms with Crippen LogP contribution in [0.1, 0.15) is 160 Å². The third-order valence-electron chi connectivity index (χ3n) is 11.8. The second kappa shape index (κ2) is 22.1. The molecule has 0 spiro atoms. The fourth-order valence-electron chi connectivity index (χ4n) is 8.50. The van der Waals surface area contributed by atoms with Gasteiger partial charge in [-0.15, -0.1) is 0 Å². The number of amides is 5. The van der Waals surface area contributed by atoms with Crippen molar-refractivity contribution in [1.82, 2.24) is 25.8 Å². The molecule has 13 nitrogen and oxygen atoms in total. The number of hydrogen-bond acceptors (Lipinski definition) is 7. The normalized spacial score (nSPS) is 20.8. The predicted octanol–water partition coefficient (Wildman–Crippen LogP) is 6.57. The zero-order valence-corrected chi connectivity index (χ0v) is 35.1. The number of fused-ring (bicyclic) bond motifs is 1. The highest BCUT2D eigenvalue weighted by atomic mass is 16.6. The molecule has 1 aliphatic heterocycles. The molecule has 2 fully saturated rings. The van der Waals surface area contributed by atoms with Crippen molar-refractivity contribution < 1.29 is 38.6 Å². The zero-order chi connectivity index (χ0) is 41.5. The van der Waals surface area contributed by atoms with E-state index in [4.69, 9.17) is 9.84 Å². The van der Waals surface area contributed by atoms with Crippen molar-refractivity contribution in [2.24, 2.45) is 5.92 Å². The summed E-state index contributed by atoms with van der Waals surface area (Å²) in [4.78, 5) is 82.4. The van der Waals surface area contributed by atoms with Crippen LogP contribution in [-0.2, 0) is 35.1 Å². The number of carboxylic acid groups (broad SMARTS) is 1. The van der Waals surface area contributed by atoms with Crippen LogP contribution in [0.25, 0.3) is 0 Å². The topological polar surface area (TPSA) is 174 Å². The Kier molecular flexibility index (Phi) is 17.7. The van der Waals surface area contributed by atoms with Gasteiger partial charge >= 0.3 is 12.1 Å². The molecule has 0 aromatic heterocycles. The number of rotatable bonds is 19. The van der Waals surface area contributed by atoms with Crippen molar-refractivity contribution in [1.29, 1.82) is 0 Å². The molecule has 1 saturated heterocycles. The van der Waals surface area contributed by atoms with Gasteiger partial charge in [-0.3, -0.25) is 28.9 Å². The Balaban J connectivity index is 1.44. The molecular weight excluding hydrogens is 727 g/mol. The number of hydrogen-bond donors (Lipinski definition) is 4. The molecule has 4 rings (SSSR count). The Morgan fingerprint density at radius 1 is 0.860 bits per heavy atom. The Morgan fingerprint density at radius 3 is 2.14 bits per heavy atom. The van der Waals surface area contributed by atoms with E-state index in [1.807, 2.05) is 18.2 Å². The summed E-state index contributed by atoms with van der Waals surface area (Å²) in [5, 5.41) is 18.2. The molecule has 318 valence electrons. The lowest BCUT2D eigenvalue weighted by Crippen LogP contribution is -2.59. The van der Waals surface area contributed by atoms with E-state index in [2.05, 4.69) is 22.0 Å². The Morgan fingerprint density at radius 2 is 1.49 bits per heavy atom. The number of carbonyl (C=O) groups excluding carboxylic acids is 5. The van der Waals surface area contributed by atoms with Gasteiger partial charge in [0.05, 0.1) is 6.04 Å². The van der Waals surface area contributed by atoms with Crippen molar-refractivity contribution in [3.8, 4) is 0 Å². The molecule has 2 aliphatic carbocycles. The molecule has 3 aliphatic rings. The minimum absolute atomic E-state index is 0.112. The standard InChI is InChI=1S/C44H69N5O8/c1-30(48(5)43(56)57-44(2,3)4)40(53)47-39(32-21-13-12-14-22-32)42(55)49-29-33(45-37(50)26-15-10-8-6-7-9-11-16-27-38(51)52)28-36(49)41(54)46-35-25-19-23-31-20-17-18-24-34(31)35/h17-18,20,24,30,32-33,35-36,39H,6-16,19,21-23,25-29H2,1-5H3,(H,45,50)(H,46,54)(H,47,53)(H,51,52)/t30-,33-,35+,36-,39-/m0/s1. The van der Waals surface area contributed by atoms with Gasteiger partial charge in [-0.25, -0.2) is 4.79 Å². The monoisotopic (exact) mass is 796 g/mol. The molecule has 4 N–H and O–H groups in total. The molecule has 5 atom stereocenters. The first-order valence-electron chi connectivity index (χ1n) is 21.6. The zero-order valence-electron chi connectivity index (χ0n) is 35.1. The van der Waals surface area contributed by atoms with Gasteiger partial charge < -0.3 is 30.7 Å². The van der Waals surface area contributed by atoms with Crippen molar-refractivity contribution in [2.75, 3.05) is 13.6 Å². The van der Waals surface area contributed by atoms with E-state index >= 15 is 0 Å². The Labute approximate surface area is 339 Å². The fourth-order valence-corrected chi connectivity index (χ4v) is 8.50. The minimum Gasteiger partial charge on any atom is -0.481 e. The van der Waals surface area contributed by atoms with Gasteiger partial charge in [0.2, 0.25) is 23.6 Å². The van der Waals surface area contributed by atoms with Crippen LogP contribution in [0, 0.1) is 5.92 Å². The maximum absolute atomic E-state index is 14.8. The number of likely N-dealkylation sites (N-methyl/N-ethyl adjacent to an activating group) is 1. The lowest BCUT2D eigenvalue weighted by atomic mass is 9.83. The van der Waals surface area contributed by atoms with Gasteiger partial charge in [-0.05, 0) is 96.1 Å². The number of ether oxygens (including phenoxy) is 1. The molecule has 0 unspecified atom stereocenters. The molecule has 5 amide bonds. The molecule has 13 heteroatoms. The fraction of sp³-hybridized carbons (Fsp3) is 0.727. The van der Waals surface area contributed by atoms with Crippen LogP contribution >= 0.6 is 0 Å². The Hall–Kier alpha value is -4.16. The maximum Gasteiger partial charge on any atom is 0.410 e. The van der Waals surface area contributed by atoms with Crippen molar-refractivity contribution in [3.63, 3.8) is 0 Å². The predicted molar refractivity (Wildman–Crippen MR) is 218 cm³/mol. The average Bonchev–Trinajstić information content (AvgIpc) is 3.60. The summed E-state index contributed by atoms with van der Waals surface area (Å²) in [5.41, 5.74) is 1.55. The summed E-state index contributed by atoms with van der Waals surface area (Å²) in [6.45, 7) is 7.02. The SMILES string of the molecule is C[C@@H](C(=O)N[C@H](C(=O)N1C[C@@H](NC(=O)CCCCCCCCCCC(=O)O)C[C@H]1C(=O)N[C@@H]1CCCc2ccccc21)C1CCCCC1)N(C)C(=O)OC(C)(C)C. The van der Waals surface area contributed by atoms with Crippen LogP contribution in [0.15, 0.2) is 24.3 Å². The van der Waals surface area contributed by atoms with Crippen LogP contribution in [0.2, 0.25) is 0 Å². The van der Waals surface area contributed by atoms with Crippen LogP contribution < -0.4 is 16.0 Å². The molecule has 1 saturated carbocycles. The molecule has 1 aromatic carbocycles. The number of likely N-dealkylation sites (tertiary alicyclic amines) is 1. The Bertz CT molecular complexity index is 1520. The highest BCUT2D eigenvalue weighted by Crippen LogP contribution is 2.32. The van der Waals surface area contributed by atoms with Crippen molar-refractivity contribution in [2.45, 2.75) is 186 Å². The van der Waals surface area contributed by atoms with E-state index < -0.39 is 47.7 Å². The molecule has 57 heavy (non-hydrogen) atoms. The molecule has 0 bridgehead atoms. The third kappa shape index (κ3) is 14.3. The molecule has 0 radical (unpaired) electrons. The van der Waals surface area contributed by atoms with Gasteiger partial charge in [0.15, 0.2) is 0 Å². The average molecular weight is 796 g/mol. The minimum atomic E-state index is -0.918. The van der Waals surface area contributed by atoms with Gasteiger partial charge in [0.25, 0.3) is 0 Å². The number of aliphatic carboxylic acids is 1. The van der Waals surface area contributed by atoms with E-state index in [1.165, 1.54) is 17.5 Å². The van der Waals surface area contributed by atoms with E-state index in [-0.39, 0.29) is 49.1 Å². The number of benzene rings is 1. The number of nitrogens with zero attached hydrogens (tertiary/aromatic N) is 2.